The van der Waals surface area contributed by atoms with Gasteiger partial charge in [-0.1, -0.05) is 54.6 Å². The molecule has 2 aromatic carbocycles. The van der Waals surface area contributed by atoms with Crippen molar-refractivity contribution in [3.8, 4) is 11.1 Å². The van der Waals surface area contributed by atoms with Crippen molar-refractivity contribution in [3.05, 3.63) is 60.2 Å². The van der Waals surface area contributed by atoms with E-state index in [-0.39, 0.29) is 11.4 Å². The average molecular weight is 352 g/mol. The van der Waals surface area contributed by atoms with Crippen LogP contribution < -0.4 is 0 Å². The van der Waals surface area contributed by atoms with Gasteiger partial charge in [0, 0.05) is 13.2 Å². The largest absolute Gasteiger partial charge is 0.466 e. The first-order valence-electron chi connectivity index (χ1n) is 9.63. The molecule has 1 aliphatic rings. The van der Waals surface area contributed by atoms with Crippen LogP contribution in [0, 0.1) is 5.41 Å². The maximum Gasteiger partial charge on any atom is 0.312 e. The maximum atomic E-state index is 12.5. The van der Waals surface area contributed by atoms with Crippen LogP contribution in [-0.4, -0.2) is 25.8 Å². The lowest BCUT2D eigenvalue weighted by molar-refractivity contribution is -0.162. The Morgan fingerprint density at radius 1 is 1.00 bits per heavy atom. The van der Waals surface area contributed by atoms with E-state index >= 15 is 0 Å². The molecule has 0 unspecified atom stereocenters. The molecule has 0 aromatic heterocycles. The molecule has 0 amide bonds. The average Bonchev–Trinajstić information content (AvgIpc) is 2.70. The first-order valence-corrected chi connectivity index (χ1v) is 9.63. The monoisotopic (exact) mass is 352 g/mol. The lowest BCUT2D eigenvalue weighted by Gasteiger charge is -2.34. The van der Waals surface area contributed by atoms with Crippen molar-refractivity contribution in [2.75, 3.05) is 19.8 Å². The summed E-state index contributed by atoms with van der Waals surface area (Å²) in [6.45, 7) is 3.64. The molecular weight excluding hydrogens is 324 g/mol. The van der Waals surface area contributed by atoms with Gasteiger partial charge >= 0.3 is 5.97 Å². The Bertz CT molecular complexity index is 685. The third-order valence-electron chi connectivity index (χ3n) is 5.34. The van der Waals surface area contributed by atoms with Crippen LogP contribution in [0.1, 0.15) is 38.2 Å². The number of benzene rings is 2. The molecule has 3 rings (SSSR count). The van der Waals surface area contributed by atoms with E-state index in [4.69, 9.17) is 9.47 Å². The molecular formula is C23H28O3. The highest BCUT2D eigenvalue weighted by Crippen LogP contribution is 2.37. The summed E-state index contributed by atoms with van der Waals surface area (Å²) in [6.07, 6.45) is 4.40. The number of hydrogen-bond donors (Lipinski definition) is 0. The third-order valence-corrected chi connectivity index (χ3v) is 5.34. The van der Waals surface area contributed by atoms with Crippen molar-refractivity contribution in [2.24, 2.45) is 5.41 Å². The second-order valence-corrected chi connectivity index (χ2v) is 7.03. The summed E-state index contributed by atoms with van der Waals surface area (Å²) in [5.41, 5.74) is 3.44. The van der Waals surface area contributed by atoms with E-state index in [1.165, 1.54) is 16.7 Å². The van der Waals surface area contributed by atoms with Gasteiger partial charge in [0.15, 0.2) is 0 Å². The molecule has 0 spiro atoms. The van der Waals surface area contributed by atoms with E-state index in [0.717, 1.165) is 32.1 Å². The Hall–Kier alpha value is -2.13. The van der Waals surface area contributed by atoms with Gasteiger partial charge in [0.05, 0.1) is 12.0 Å². The van der Waals surface area contributed by atoms with Gasteiger partial charge in [0.25, 0.3) is 0 Å². The van der Waals surface area contributed by atoms with Crippen LogP contribution in [-0.2, 0) is 20.7 Å². The first-order chi connectivity index (χ1) is 12.7. The van der Waals surface area contributed by atoms with Crippen molar-refractivity contribution in [3.63, 3.8) is 0 Å². The van der Waals surface area contributed by atoms with Gasteiger partial charge in [-0.2, -0.15) is 0 Å². The van der Waals surface area contributed by atoms with Crippen LogP contribution in [0.2, 0.25) is 0 Å². The van der Waals surface area contributed by atoms with Crippen LogP contribution >= 0.6 is 0 Å². The van der Waals surface area contributed by atoms with E-state index in [0.29, 0.717) is 19.8 Å². The maximum absolute atomic E-state index is 12.5. The van der Waals surface area contributed by atoms with Crippen LogP contribution in [0.15, 0.2) is 54.6 Å². The Balaban J connectivity index is 1.58. The van der Waals surface area contributed by atoms with Crippen LogP contribution in [0.25, 0.3) is 11.1 Å². The fraction of sp³-hybridized carbons (Fsp3) is 0.435. The van der Waals surface area contributed by atoms with Crippen molar-refractivity contribution < 1.29 is 14.3 Å². The fourth-order valence-corrected chi connectivity index (χ4v) is 3.73. The molecule has 1 heterocycles. The summed E-state index contributed by atoms with van der Waals surface area (Å²) in [7, 11) is 0. The van der Waals surface area contributed by atoms with E-state index in [9.17, 15) is 4.79 Å². The van der Waals surface area contributed by atoms with Gasteiger partial charge < -0.3 is 9.47 Å². The molecule has 0 radical (unpaired) electrons. The number of esters is 1. The van der Waals surface area contributed by atoms with Gasteiger partial charge in [-0.3, -0.25) is 4.79 Å². The summed E-state index contributed by atoms with van der Waals surface area (Å²) in [6, 6.07) is 19.2. The molecule has 3 heteroatoms. The van der Waals surface area contributed by atoms with Crippen molar-refractivity contribution in [1.82, 2.24) is 0 Å². The summed E-state index contributed by atoms with van der Waals surface area (Å²) in [5.74, 6) is -0.0391. The molecule has 0 saturated carbocycles. The van der Waals surface area contributed by atoms with Gasteiger partial charge in [-0.05, 0) is 55.7 Å². The van der Waals surface area contributed by atoms with Crippen molar-refractivity contribution in [2.45, 2.75) is 39.0 Å². The number of carbonyl (C=O) groups is 1. The lowest BCUT2D eigenvalue weighted by Crippen LogP contribution is -2.38. The zero-order chi connectivity index (χ0) is 18.2. The predicted octanol–water partition coefficient (Wildman–Crippen LogP) is 5.04. The molecule has 2 aromatic rings. The number of ether oxygens (including phenoxy) is 2. The molecule has 26 heavy (non-hydrogen) atoms. The predicted molar refractivity (Wildman–Crippen MR) is 104 cm³/mol. The third kappa shape index (κ3) is 4.53. The minimum Gasteiger partial charge on any atom is -0.466 e. The Morgan fingerprint density at radius 2 is 1.65 bits per heavy atom. The highest BCUT2D eigenvalue weighted by molar-refractivity contribution is 5.77. The fourth-order valence-electron chi connectivity index (χ4n) is 3.73. The highest BCUT2D eigenvalue weighted by Gasteiger charge is 2.40. The zero-order valence-electron chi connectivity index (χ0n) is 15.6. The Labute approximate surface area is 156 Å². The SMILES string of the molecule is CCOC(=O)C1(CCCc2ccc(-c3ccccc3)cc2)CCOCC1. The zero-order valence-corrected chi connectivity index (χ0v) is 15.6. The second kappa shape index (κ2) is 9.00. The molecule has 0 N–H and O–H groups in total. The summed E-state index contributed by atoms with van der Waals surface area (Å²) in [5, 5.41) is 0. The quantitative estimate of drug-likeness (QED) is 0.655. The van der Waals surface area contributed by atoms with E-state index < -0.39 is 0 Å². The summed E-state index contributed by atoms with van der Waals surface area (Å²) in [4.78, 5) is 12.5. The highest BCUT2D eigenvalue weighted by atomic mass is 16.5. The molecule has 1 saturated heterocycles. The van der Waals surface area contributed by atoms with E-state index in [1.807, 2.05) is 13.0 Å². The van der Waals surface area contributed by atoms with Crippen LogP contribution in [0.4, 0.5) is 0 Å². The minimum atomic E-state index is -0.349. The smallest absolute Gasteiger partial charge is 0.312 e. The Kier molecular flexibility index (Phi) is 6.45. The molecule has 0 atom stereocenters. The topological polar surface area (TPSA) is 35.5 Å². The van der Waals surface area contributed by atoms with Crippen molar-refractivity contribution in [1.29, 1.82) is 0 Å². The molecule has 0 aliphatic carbocycles. The minimum absolute atomic E-state index is 0.0391. The molecule has 1 fully saturated rings. The standard InChI is InChI=1S/C23H28O3/c1-2-26-22(24)23(15-17-25-18-16-23)14-6-7-19-10-12-21(13-11-19)20-8-4-3-5-9-20/h3-5,8-13H,2,6-7,14-18H2,1H3. The number of aryl methyl sites for hydroxylation is 1. The first kappa shape index (κ1) is 18.7. The van der Waals surface area contributed by atoms with Gasteiger partial charge in [0.2, 0.25) is 0 Å². The summed E-state index contributed by atoms with van der Waals surface area (Å²) >= 11 is 0. The van der Waals surface area contributed by atoms with Crippen LogP contribution in [0.3, 0.4) is 0 Å². The molecule has 0 bridgehead atoms. The van der Waals surface area contributed by atoms with Gasteiger partial charge in [-0.25, -0.2) is 0 Å². The molecule has 1 aliphatic heterocycles. The lowest BCUT2D eigenvalue weighted by atomic mass is 9.76. The number of rotatable bonds is 7. The van der Waals surface area contributed by atoms with Crippen molar-refractivity contribution >= 4 is 5.97 Å². The Morgan fingerprint density at radius 3 is 2.31 bits per heavy atom. The van der Waals surface area contributed by atoms with Gasteiger partial charge in [0.1, 0.15) is 0 Å². The number of hydrogen-bond acceptors (Lipinski definition) is 3. The summed E-state index contributed by atoms with van der Waals surface area (Å²) < 4.78 is 10.8. The number of carbonyl (C=O) groups excluding carboxylic acids is 1. The molecule has 3 nitrogen and oxygen atoms in total. The van der Waals surface area contributed by atoms with E-state index in [1.54, 1.807) is 0 Å². The van der Waals surface area contributed by atoms with E-state index in [2.05, 4.69) is 48.5 Å². The second-order valence-electron chi connectivity index (χ2n) is 7.03. The van der Waals surface area contributed by atoms with Crippen LogP contribution in [0.5, 0.6) is 0 Å². The van der Waals surface area contributed by atoms with Gasteiger partial charge in [-0.15, -0.1) is 0 Å². The normalized spacial score (nSPS) is 16.2. The molecule has 138 valence electrons.